The van der Waals surface area contributed by atoms with Crippen LogP contribution in [0.2, 0.25) is 0 Å². The molecule has 0 aliphatic carbocycles. The zero-order valence-electron chi connectivity index (χ0n) is 10.7. The van der Waals surface area contributed by atoms with Gasteiger partial charge in [0.25, 0.3) is 13.0 Å². The first-order valence-electron chi connectivity index (χ1n) is 4.67. The third kappa shape index (κ3) is 4.83. The second kappa shape index (κ2) is 8.37. The molecule has 0 radical (unpaired) electrons. The Labute approximate surface area is 144 Å². The molecule has 0 saturated heterocycles. The van der Waals surface area contributed by atoms with Gasteiger partial charge in [0.15, 0.2) is 0 Å². The summed E-state index contributed by atoms with van der Waals surface area (Å²) in [6.45, 7) is 3.72. The van der Waals surface area contributed by atoms with Gasteiger partial charge in [-0.25, -0.2) is 9.05 Å². The molecule has 10 heteroatoms. The predicted octanol–water partition coefficient (Wildman–Crippen LogP) is -2.95. The van der Waals surface area contributed by atoms with Crippen LogP contribution >= 0.6 is 15.5 Å². The van der Waals surface area contributed by atoms with Gasteiger partial charge in [-0.05, 0) is 13.8 Å². The van der Waals surface area contributed by atoms with Crippen molar-refractivity contribution in [3.63, 3.8) is 0 Å². The molecule has 2 atom stereocenters. The minimum atomic E-state index is -4.76. The van der Waals surface area contributed by atoms with E-state index in [4.69, 9.17) is 9.05 Å². The second-order valence-corrected chi connectivity index (χ2v) is 7.95. The molecule has 0 bridgehead atoms. The molecule has 0 rings (SSSR count). The molecule has 0 aliphatic rings. The minimum absolute atomic E-state index is 0. The summed E-state index contributed by atoms with van der Waals surface area (Å²) >= 11 is 0. The Bertz CT molecular complexity index is 267. The number of hydrogen-bond donors (Lipinski definition) is 1. The zero-order chi connectivity index (χ0) is 13.0. The molecular weight excluding hydrogens is 297 g/mol. The summed E-state index contributed by atoms with van der Waals surface area (Å²) in [6, 6.07) is 0. The van der Waals surface area contributed by atoms with E-state index < -0.39 is 20.6 Å². The first kappa shape index (κ1) is 21.4. The van der Waals surface area contributed by atoms with Crippen LogP contribution in [0.15, 0.2) is 0 Å². The Hall–Kier alpha value is 2.06. The van der Waals surface area contributed by atoms with E-state index in [1.807, 2.05) is 0 Å². The fourth-order valence-corrected chi connectivity index (χ4v) is 4.33. The Morgan fingerprint density at radius 1 is 1.35 bits per heavy atom. The molecule has 1 N–H and O–H groups in total. The molecule has 0 aromatic carbocycles. The third-order valence-corrected chi connectivity index (χ3v) is 7.10. The fraction of sp³-hybridized carbons (Fsp3) is 1.00. The maximum atomic E-state index is 12.1. The van der Waals surface area contributed by atoms with Gasteiger partial charge in [0.05, 0.1) is 13.2 Å². The van der Waals surface area contributed by atoms with Crippen LogP contribution in [0.4, 0.5) is 0 Å². The van der Waals surface area contributed by atoms with E-state index >= 15 is 0 Å². The van der Waals surface area contributed by atoms with Gasteiger partial charge in [0, 0.05) is 14.0 Å². The molecule has 0 aromatic rings. The van der Waals surface area contributed by atoms with Crippen molar-refractivity contribution in [2.45, 2.75) is 25.9 Å². The van der Waals surface area contributed by atoms with E-state index in [1.54, 1.807) is 0 Å². The van der Waals surface area contributed by atoms with Crippen molar-refractivity contribution in [1.82, 2.24) is 0 Å². The summed E-state index contributed by atoms with van der Waals surface area (Å²) in [6.07, 6.45) is 0. The number of rotatable bonds is 7. The summed E-state index contributed by atoms with van der Waals surface area (Å²) < 4.78 is 25.1. The van der Waals surface area contributed by atoms with Gasteiger partial charge in [-0.1, -0.05) is 0 Å². The van der Waals surface area contributed by atoms with Gasteiger partial charge >= 0.3 is 51.4 Å². The Kier molecular flexibility index (Phi) is 10.5. The smallest absolute Gasteiger partial charge is 0.774 e. The molecule has 0 aliphatic heterocycles. The topological polar surface area (TPSA) is 111 Å². The molecule has 7 nitrogen and oxygen atoms in total. The predicted molar refractivity (Wildman–Crippen MR) is 55.4 cm³/mol. The van der Waals surface area contributed by atoms with Crippen molar-refractivity contribution < 1.29 is 84.4 Å². The van der Waals surface area contributed by atoms with Gasteiger partial charge < -0.3 is 24.0 Å². The van der Waals surface area contributed by atoms with E-state index in [1.165, 1.54) is 13.8 Å². The summed E-state index contributed by atoms with van der Waals surface area (Å²) in [5, 5.41) is 7.10. The standard InChI is InChI=1S/C7H18O7P2.K/c1-5-13-16(11,14-6-2)7(3,8)15(9,10)12-4;/h8H,5-6H2,1-4H3,(H,9,10);/q;+1/p-1. The average Bonchev–Trinajstić information content (AvgIpc) is 2.18. The third-order valence-electron chi connectivity index (χ3n) is 1.88. The van der Waals surface area contributed by atoms with Crippen LogP contribution in [-0.2, 0) is 18.1 Å². The van der Waals surface area contributed by atoms with E-state index in [2.05, 4.69) is 4.52 Å². The molecule has 0 spiro atoms. The van der Waals surface area contributed by atoms with Gasteiger partial charge in [0.1, 0.15) is 0 Å². The molecule has 0 amide bonds. The second-order valence-electron chi connectivity index (χ2n) is 2.98. The quantitative estimate of drug-likeness (QED) is 0.395. The molecule has 0 aromatic heterocycles. The van der Waals surface area contributed by atoms with Gasteiger partial charge in [-0.3, -0.25) is 0 Å². The SMILES string of the molecule is CCO[P+]([O-])(OCC)C(C)(O)P(=O)([O-])OC.[K+]. The average molecular weight is 314 g/mol. The molecule has 0 saturated carbocycles. The molecule has 2 unspecified atom stereocenters. The van der Waals surface area contributed by atoms with Crippen LogP contribution in [0, 0.1) is 0 Å². The van der Waals surface area contributed by atoms with Crippen molar-refractivity contribution in [3.8, 4) is 0 Å². The van der Waals surface area contributed by atoms with Crippen LogP contribution < -0.4 is 61.2 Å². The Morgan fingerprint density at radius 2 is 1.71 bits per heavy atom. The normalized spacial score (nSPS) is 19.0. The zero-order valence-corrected chi connectivity index (χ0v) is 15.6. The maximum Gasteiger partial charge on any atom is 1.00 e. The fourth-order valence-electron chi connectivity index (χ4n) is 0.945. The minimum Gasteiger partial charge on any atom is -0.774 e. The number of hydrogen-bond acceptors (Lipinski definition) is 7. The van der Waals surface area contributed by atoms with Crippen LogP contribution in [-0.4, -0.2) is 30.5 Å². The summed E-state index contributed by atoms with van der Waals surface area (Å²) in [5.41, 5.74) is 0. The first-order valence-corrected chi connectivity index (χ1v) is 7.75. The van der Waals surface area contributed by atoms with Crippen LogP contribution in [0.25, 0.3) is 0 Å². The largest absolute Gasteiger partial charge is 1.00 e. The van der Waals surface area contributed by atoms with E-state index in [-0.39, 0.29) is 64.6 Å². The van der Waals surface area contributed by atoms with Crippen LogP contribution in [0.5, 0.6) is 0 Å². The summed E-state index contributed by atoms with van der Waals surface area (Å²) in [4.78, 5) is 23.5. The Morgan fingerprint density at radius 3 is 1.94 bits per heavy atom. The summed E-state index contributed by atoms with van der Waals surface area (Å²) in [5.74, 6) is 0. The van der Waals surface area contributed by atoms with Crippen molar-refractivity contribution >= 4 is 15.5 Å². The number of aliphatic hydroxyl groups is 1. The maximum absolute atomic E-state index is 12.1. The molecular formula is C7H17KO7P2. The monoisotopic (exact) mass is 314 g/mol. The molecule has 98 valence electrons. The van der Waals surface area contributed by atoms with Crippen molar-refractivity contribution in [1.29, 1.82) is 0 Å². The van der Waals surface area contributed by atoms with Crippen molar-refractivity contribution in [2.24, 2.45) is 0 Å². The van der Waals surface area contributed by atoms with Gasteiger partial charge in [-0.2, -0.15) is 0 Å². The van der Waals surface area contributed by atoms with Crippen molar-refractivity contribution in [2.75, 3.05) is 20.3 Å². The molecule has 17 heavy (non-hydrogen) atoms. The van der Waals surface area contributed by atoms with Gasteiger partial charge in [0.2, 0.25) is 7.60 Å². The molecule has 0 heterocycles. The molecule has 0 fully saturated rings. The van der Waals surface area contributed by atoms with E-state index in [0.717, 1.165) is 14.0 Å². The van der Waals surface area contributed by atoms with E-state index in [0.29, 0.717) is 0 Å². The summed E-state index contributed by atoms with van der Waals surface area (Å²) in [7, 11) is -8.10. The first-order chi connectivity index (χ1) is 7.18. The van der Waals surface area contributed by atoms with Gasteiger partial charge in [-0.15, -0.1) is 0 Å². The van der Waals surface area contributed by atoms with Crippen LogP contribution in [0.1, 0.15) is 20.8 Å². The van der Waals surface area contributed by atoms with Crippen LogP contribution in [0.3, 0.4) is 0 Å². The van der Waals surface area contributed by atoms with Crippen molar-refractivity contribution in [3.05, 3.63) is 0 Å². The van der Waals surface area contributed by atoms with E-state index in [9.17, 15) is 19.5 Å². The Balaban J connectivity index is 0.